The van der Waals surface area contributed by atoms with E-state index in [0.29, 0.717) is 6.21 Å². The number of aliphatic hydroxyl groups excluding tert-OH is 1. The van der Waals surface area contributed by atoms with Gasteiger partial charge in [0, 0.05) is 6.42 Å². The molecule has 0 aromatic carbocycles. The van der Waals surface area contributed by atoms with Crippen molar-refractivity contribution < 1.29 is 42.6 Å². The van der Waals surface area contributed by atoms with Gasteiger partial charge in [0.05, 0.1) is 0 Å². The van der Waals surface area contributed by atoms with Crippen LogP contribution in [0.1, 0.15) is 12.8 Å². The molecule has 20 heavy (non-hydrogen) atoms. The summed E-state index contributed by atoms with van der Waals surface area (Å²) in [5.41, 5.74) is 8.02. The molecule has 0 bridgehead atoms. The maximum Gasteiger partial charge on any atom is 0.423 e. The molecule has 0 saturated carbocycles. The van der Waals surface area contributed by atoms with Crippen LogP contribution in [-0.2, 0) is 14.4 Å². The number of amides is 1. The van der Waals surface area contributed by atoms with Crippen molar-refractivity contribution in [2.24, 2.45) is 0 Å². The number of rotatable bonds is 7. The van der Waals surface area contributed by atoms with Gasteiger partial charge in [0.25, 0.3) is 5.91 Å². The first-order valence-corrected chi connectivity index (χ1v) is 5.07. The zero-order valence-corrected chi connectivity index (χ0v) is 9.79. The van der Waals surface area contributed by atoms with Crippen LogP contribution in [0.25, 0.3) is 5.53 Å². The number of nitrogens with zero attached hydrogens (tertiary/aromatic N) is 2. The number of aliphatic carboxylic acids is 1. The molecule has 11 heteroatoms. The van der Waals surface area contributed by atoms with Crippen molar-refractivity contribution in [3.05, 3.63) is 5.53 Å². The lowest BCUT2D eigenvalue weighted by Crippen LogP contribution is -2.50. The van der Waals surface area contributed by atoms with E-state index in [9.17, 15) is 27.6 Å². The molecule has 0 aliphatic heterocycles. The van der Waals surface area contributed by atoms with E-state index < -0.39 is 48.8 Å². The minimum atomic E-state index is -5.23. The fourth-order valence-corrected chi connectivity index (χ4v) is 1.07. The van der Waals surface area contributed by atoms with Gasteiger partial charge in [0.1, 0.15) is 6.04 Å². The van der Waals surface area contributed by atoms with Gasteiger partial charge in [0.15, 0.2) is 0 Å². The number of carboxylic acid groups (broad SMARTS) is 1. The summed E-state index contributed by atoms with van der Waals surface area (Å²) in [6, 6.07) is -1.80. The Balaban J connectivity index is 4.64. The van der Waals surface area contributed by atoms with Crippen molar-refractivity contribution in [2.75, 3.05) is 0 Å². The van der Waals surface area contributed by atoms with Crippen LogP contribution in [-0.4, -0.2) is 57.2 Å². The largest absolute Gasteiger partial charge is 0.480 e. The minimum Gasteiger partial charge on any atom is -0.480 e. The number of carboxylic acids is 1. The van der Waals surface area contributed by atoms with Crippen molar-refractivity contribution >= 4 is 23.9 Å². The van der Waals surface area contributed by atoms with Crippen LogP contribution in [0.4, 0.5) is 13.2 Å². The number of Topliss-reactive ketones (excluding diaryl/α,β-unsaturated/α-hetero) is 1. The second-order valence-corrected chi connectivity index (χ2v) is 3.59. The van der Waals surface area contributed by atoms with Crippen LogP contribution in [0.15, 0.2) is 0 Å². The highest BCUT2D eigenvalue weighted by Crippen LogP contribution is 2.20. The molecule has 0 saturated heterocycles. The molecule has 0 heterocycles. The Morgan fingerprint density at radius 2 is 1.90 bits per heavy atom. The average Bonchev–Trinajstić information content (AvgIpc) is 2.31. The number of alkyl halides is 3. The topological polar surface area (TPSA) is 140 Å². The fourth-order valence-electron chi connectivity index (χ4n) is 1.07. The minimum absolute atomic E-state index is 0.477. The van der Waals surface area contributed by atoms with Gasteiger partial charge in [-0.05, 0) is 6.42 Å². The smallest absolute Gasteiger partial charge is 0.423 e. The van der Waals surface area contributed by atoms with Crippen molar-refractivity contribution in [1.82, 2.24) is 5.32 Å². The zero-order valence-electron chi connectivity index (χ0n) is 9.79. The Morgan fingerprint density at radius 3 is 2.30 bits per heavy atom. The summed E-state index contributed by atoms with van der Waals surface area (Å²) < 4.78 is 36.0. The summed E-state index contributed by atoms with van der Waals surface area (Å²) in [5, 5.41) is 18.7. The number of halogens is 3. The molecule has 0 aromatic heterocycles. The Labute approximate surface area is 109 Å². The van der Waals surface area contributed by atoms with Crippen molar-refractivity contribution in [1.29, 1.82) is 0 Å². The molecular weight excluding hydrogens is 287 g/mol. The van der Waals surface area contributed by atoms with Gasteiger partial charge in [-0.25, -0.2) is 4.79 Å². The Hall–Kier alpha value is -2.26. The van der Waals surface area contributed by atoms with Gasteiger partial charge in [-0.1, -0.05) is 0 Å². The molecule has 2 atom stereocenters. The average molecular weight is 297 g/mol. The molecule has 0 unspecified atom stereocenters. The third-order valence-electron chi connectivity index (χ3n) is 2.05. The van der Waals surface area contributed by atoms with E-state index in [4.69, 9.17) is 15.7 Å². The van der Waals surface area contributed by atoms with Crippen molar-refractivity contribution in [3.63, 3.8) is 0 Å². The van der Waals surface area contributed by atoms with E-state index in [0.717, 1.165) is 0 Å². The van der Waals surface area contributed by atoms with Gasteiger partial charge in [-0.2, -0.15) is 18.0 Å². The van der Waals surface area contributed by atoms with Crippen LogP contribution in [0.2, 0.25) is 0 Å². The molecule has 112 valence electrons. The molecule has 1 amide bonds. The summed E-state index contributed by atoms with van der Waals surface area (Å²) >= 11 is 0. The lowest BCUT2D eigenvalue weighted by molar-refractivity contribution is -0.205. The first-order chi connectivity index (χ1) is 9.09. The first kappa shape index (κ1) is 17.7. The molecule has 0 aliphatic carbocycles. The van der Waals surface area contributed by atoms with Gasteiger partial charge < -0.3 is 21.1 Å². The number of carbonyl (C=O) groups is 3. The number of aliphatic hydroxyl groups is 1. The van der Waals surface area contributed by atoms with Crippen LogP contribution < -0.4 is 5.32 Å². The van der Waals surface area contributed by atoms with Crippen LogP contribution in [0.5, 0.6) is 0 Å². The summed E-state index contributed by atoms with van der Waals surface area (Å²) in [6.07, 6.45) is -9.13. The third kappa shape index (κ3) is 6.07. The first-order valence-electron chi connectivity index (χ1n) is 5.07. The number of ketones is 1. The van der Waals surface area contributed by atoms with Gasteiger partial charge in [0.2, 0.25) is 11.9 Å². The highest BCUT2D eigenvalue weighted by atomic mass is 19.4. The number of hydrogen-bond donors (Lipinski definition) is 3. The van der Waals surface area contributed by atoms with Crippen molar-refractivity contribution in [3.8, 4) is 0 Å². The standard InChI is InChI=1S/C9H10F3N3O5/c10-9(11,12)6(17)7(18)15-5(8(19)20)2-1-4(16)3-14-13/h3,5-6,17H,1-2H2,(H,15,18)(H,19,20)/t5-,6+/m0/s1. The molecule has 0 rings (SSSR count). The second-order valence-electron chi connectivity index (χ2n) is 3.59. The van der Waals surface area contributed by atoms with Crippen LogP contribution >= 0.6 is 0 Å². The van der Waals surface area contributed by atoms with Gasteiger partial charge >= 0.3 is 18.4 Å². The summed E-state index contributed by atoms with van der Waals surface area (Å²) in [7, 11) is 0. The molecule has 0 radical (unpaired) electrons. The summed E-state index contributed by atoms with van der Waals surface area (Å²) in [5.74, 6) is -4.40. The highest BCUT2D eigenvalue weighted by Gasteiger charge is 2.44. The maximum atomic E-state index is 12.0. The predicted octanol–water partition coefficient (Wildman–Crippen LogP) is -0.871. The van der Waals surface area contributed by atoms with Crippen LogP contribution in [0.3, 0.4) is 0 Å². The van der Waals surface area contributed by atoms with Gasteiger partial charge in [-0.3, -0.25) is 9.59 Å². The van der Waals surface area contributed by atoms with Crippen LogP contribution in [0, 0.1) is 0 Å². The summed E-state index contributed by atoms with van der Waals surface area (Å²) in [4.78, 5) is 35.0. The van der Waals surface area contributed by atoms with E-state index in [1.165, 1.54) is 5.32 Å². The lowest BCUT2D eigenvalue weighted by atomic mass is 10.1. The Kier molecular flexibility index (Phi) is 6.53. The normalized spacial score (nSPS) is 13.8. The molecule has 8 nitrogen and oxygen atoms in total. The quantitative estimate of drug-likeness (QED) is 0.318. The SMILES string of the molecule is [N-]=[N+]=CC(=O)CC[C@H](NC(=O)[C@@H](O)C(F)(F)F)C(=O)O. The number of carbonyl (C=O) groups excluding carboxylic acids is 2. The molecule has 0 aromatic rings. The fraction of sp³-hybridized carbons (Fsp3) is 0.556. The van der Waals surface area contributed by atoms with E-state index in [-0.39, 0.29) is 0 Å². The zero-order chi connectivity index (χ0) is 15.9. The van der Waals surface area contributed by atoms with Crippen molar-refractivity contribution in [2.45, 2.75) is 31.2 Å². The molecular formula is C9H10F3N3O5. The third-order valence-corrected chi connectivity index (χ3v) is 2.05. The second kappa shape index (κ2) is 7.36. The van der Waals surface area contributed by atoms with E-state index in [2.05, 4.69) is 4.79 Å². The summed E-state index contributed by atoms with van der Waals surface area (Å²) in [6.45, 7) is 0. The van der Waals surface area contributed by atoms with E-state index in [1.54, 1.807) is 0 Å². The lowest BCUT2D eigenvalue weighted by Gasteiger charge is -2.18. The van der Waals surface area contributed by atoms with Gasteiger partial charge in [-0.15, -0.1) is 0 Å². The Morgan fingerprint density at radius 1 is 1.35 bits per heavy atom. The van der Waals surface area contributed by atoms with E-state index >= 15 is 0 Å². The molecule has 3 N–H and O–H groups in total. The molecule has 0 fully saturated rings. The number of nitrogens with one attached hydrogen (secondary N) is 1. The monoisotopic (exact) mass is 297 g/mol. The maximum absolute atomic E-state index is 12.0. The highest BCUT2D eigenvalue weighted by molar-refractivity contribution is 6.25. The Bertz CT molecular complexity index is 445. The molecule has 0 aliphatic rings. The van der Waals surface area contributed by atoms with E-state index in [1.807, 2.05) is 0 Å². The number of hydrogen-bond acceptors (Lipinski definition) is 4. The molecule has 0 spiro atoms. The predicted molar refractivity (Wildman–Crippen MR) is 55.6 cm³/mol.